The summed E-state index contributed by atoms with van der Waals surface area (Å²) in [4.78, 5) is 2.18. The van der Waals surface area contributed by atoms with Crippen molar-refractivity contribution >= 4 is 10.8 Å². The van der Waals surface area contributed by atoms with Gasteiger partial charge in [0.2, 0.25) is 0 Å². The number of benzene rings is 3. The molecule has 3 nitrogen and oxygen atoms in total. The average molecular weight is 365 g/mol. The SMILES string of the molecule is O[C@H](CN1CCC(O)(c2ccc(F)cc2)CC1)c1ccc2ccccc2c1. The molecule has 2 N–H and O–H groups in total. The maximum absolute atomic E-state index is 13.1. The zero-order valence-corrected chi connectivity index (χ0v) is 15.2. The Morgan fingerprint density at radius 3 is 2.30 bits per heavy atom. The van der Waals surface area contributed by atoms with Crippen molar-refractivity contribution in [1.82, 2.24) is 4.90 Å². The Balaban J connectivity index is 1.40. The van der Waals surface area contributed by atoms with E-state index >= 15 is 0 Å². The van der Waals surface area contributed by atoms with Gasteiger partial charge in [0.15, 0.2) is 0 Å². The molecule has 4 heteroatoms. The molecule has 3 aromatic rings. The van der Waals surface area contributed by atoms with E-state index in [4.69, 9.17) is 0 Å². The second-order valence-electron chi connectivity index (χ2n) is 7.46. The molecule has 0 amide bonds. The normalized spacial score (nSPS) is 18.5. The van der Waals surface area contributed by atoms with E-state index in [9.17, 15) is 14.6 Å². The molecule has 0 unspecified atom stereocenters. The van der Waals surface area contributed by atoms with Crippen LogP contribution < -0.4 is 0 Å². The zero-order valence-electron chi connectivity index (χ0n) is 15.2. The first-order chi connectivity index (χ1) is 13.0. The molecule has 1 heterocycles. The summed E-state index contributed by atoms with van der Waals surface area (Å²) < 4.78 is 13.1. The lowest BCUT2D eigenvalue weighted by molar-refractivity contribution is -0.0345. The molecule has 1 fully saturated rings. The van der Waals surface area contributed by atoms with Crippen LogP contribution in [0.5, 0.6) is 0 Å². The number of likely N-dealkylation sites (tertiary alicyclic amines) is 1. The number of aliphatic hydroxyl groups is 2. The number of hydrogen-bond acceptors (Lipinski definition) is 3. The minimum absolute atomic E-state index is 0.293. The Morgan fingerprint density at radius 2 is 1.59 bits per heavy atom. The summed E-state index contributed by atoms with van der Waals surface area (Å²) in [6, 6.07) is 20.3. The van der Waals surface area contributed by atoms with Crippen molar-refractivity contribution in [2.75, 3.05) is 19.6 Å². The molecule has 140 valence electrons. The third-order valence-corrected chi connectivity index (χ3v) is 5.65. The van der Waals surface area contributed by atoms with Gasteiger partial charge >= 0.3 is 0 Å². The lowest BCUT2D eigenvalue weighted by Crippen LogP contribution is -2.43. The topological polar surface area (TPSA) is 43.7 Å². The predicted octanol–water partition coefficient (Wildman–Crippen LogP) is 4.00. The van der Waals surface area contributed by atoms with Gasteiger partial charge in [-0.1, -0.05) is 48.5 Å². The van der Waals surface area contributed by atoms with Crippen LogP contribution in [0.15, 0.2) is 66.7 Å². The van der Waals surface area contributed by atoms with Crippen LogP contribution in [0.25, 0.3) is 10.8 Å². The predicted molar refractivity (Wildman–Crippen MR) is 105 cm³/mol. The Labute approximate surface area is 158 Å². The van der Waals surface area contributed by atoms with E-state index in [1.165, 1.54) is 12.1 Å². The molecule has 4 rings (SSSR count). The molecule has 3 aromatic carbocycles. The molecule has 0 aromatic heterocycles. The van der Waals surface area contributed by atoms with Gasteiger partial charge in [-0.05, 0) is 52.9 Å². The summed E-state index contributed by atoms with van der Waals surface area (Å²) in [5.41, 5.74) is 0.754. The molecule has 0 radical (unpaired) electrons. The summed E-state index contributed by atoms with van der Waals surface area (Å²) >= 11 is 0. The number of halogens is 1. The van der Waals surface area contributed by atoms with Gasteiger partial charge in [0, 0.05) is 19.6 Å². The van der Waals surface area contributed by atoms with E-state index in [2.05, 4.69) is 17.0 Å². The maximum atomic E-state index is 13.1. The molecule has 0 spiro atoms. The Morgan fingerprint density at radius 1 is 0.926 bits per heavy atom. The van der Waals surface area contributed by atoms with Gasteiger partial charge in [0.05, 0.1) is 11.7 Å². The molecule has 1 aliphatic rings. The zero-order chi connectivity index (χ0) is 18.9. The Kier molecular flexibility index (Phi) is 4.96. The molecule has 1 atom stereocenters. The summed E-state index contributed by atoms with van der Waals surface area (Å²) in [7, 11) is 0. The van der Waals surface area contributed by atoms with Crippen LogP contribution in [0.3, 0.4) is 0 Å². The van der Waals surface area contributed by atoms with Gasteiger partial charge < -0.3 is 15.1 Å². The van der Waals surface area contributed by atoms with Crippen molar-refractivity contribution in [2.45, 2.75) is 24.5 Å². The van der Waals surface area contributed by atoms with E-state index in [1.54, 1.807) is 12.1 Å². The fraction of sp³-hybridized carbons (Fsp3) is 0.304. The summed E-state index contributed by atoms with van der Waals surface area (Å²) in [5, 5.41) is 23.9. The second kappa shape index (κ2) is 7.39. The number of aliphatic hydroxyl groups excluding tert-OH is 1. The number of piperidine rings is 1. The van der Waals surface area contributed by atoms with Gasteiger partial charge in [0.1, 0.15) is 5.82 Å². The van der Waals surface area contributed by atoms with Crippen LogP contribution in [0.1, 0.15) is 30.1 Å². The van der Waals surface area contributed by atoms with Crippen LogP contribution in [0.4, 0.5) is 4.39 Å². The van der Waals surface area contributed by atoms with E-state index in [-0.39, 0.29) is 5.82 Å². The molecular weight excluding hydrogens is 341 g/mol. The molecule has 1 aliphatic heterocycles. The number of rotatable bonds is 4. The third-order valence-electron chi connectivity index (χ3n) is 5.65. The Bertz CT molecular complexity index is 917. The fourth-order valence-corrected chi connectivity index (χ4v) is 3.92. The van der Waals surface area contributed by atoms with Crippen LogP contribution >= 0.6 is 0 Å². The quantitative estimate of drug-likeness (QED) is 0.735. The summed E-state index contributed by atoms with van der Waals surface area (Å²) in [6.07, 6.45) is 0.582. The van der Waals surface area contributed by atoms with Gasteiger partial charge in [-0.2, -0.15) is 0 Å². The molecule has 0 bridgehead atoms. The van der Waals surface area contributed by atoms with Crippen molar-refractivity contribution in [1.29, 1.82) is 0 Å². The largest absolute Gasteiger partial charge is 0.387 e. The third kappa shape index (κ3) is 3.88. The maximum Gasteiger partial charge on any atom is 0.123 e. The number of fused-ring (bicyclic) bond motifs is 1. The highest BCUT2D eigenvalue weighted by Crippen LogP contribution is 2.33. The smallest absolute Gasteiger partial charge is 0.123 e. The highest BCUT2D eigenvalue weighted by molar-refractivity contribution is 5.83. The van der Waals surface area contributed by atoms with Crippen LogP contribution in [-0.4, -0.2) is 34.7 Å². The van der Waals surface area contributed by atoms with E-state index in [0.29, 0.717) is 32.5 Å². The van der Waals surface area contributed by atoms with Crippen molar-refractivity contribution in [3.63, 3.8) is 0 Å². The van der Waals surface area contributed by atoms with Crippen LogP contribution in [0, 0.1) is 5.82 Å². The van der Waals surface area contributed by atoms with Crippen molar-refractivity contribution < 1.29 is 14.6 Å². The lowest BCUT2D eigenvalue weighted by atomic mass is 9.84. The summed E-state index contributed by atoms with van der Waals surface area (Å²) in [5.74, 6) is -0.293. The summed E-state index contributed by atoms with van der Waals surface area (Å²) in [6.45, 7) is 1.93. The van der Waals surface area contributed by atoms with Crippen LogP contribution in [-0.2, 0) is 5.60 Å². The van der Waals surface area contributed by atoms with E-state index in [0.717, 1.165) is 21.9 Å². The van der Waals surface area contributed by atoms with Gasteiger partial charge in [0.25, 0.3) is 0 Å². The molecular formula is C23H24FNO2. The van der Waals surface area contributed by atoms with Crippen molar-refractivity contribution in [2.24, 2.45) is 0 Å². The van der Waals surface area contributed by atoms with Crippen molar-refractivity contribution in [3.05, 3.63) is 83.7 Å². The first-order valence-corrected chi connectivity index (χ1v) is 9.41. The number of β-amino-alcohol motifs (C(OH)–C–C–N with tert-alkyl or cyclic N) is 1. The average Bonchev–Trinajstić information content (AvgIpc) is 2.70. The standard InChI is InChI=1S/C23H24FNO2/c24-21-9-7-20(8-10-21)23(27)11-13-25(14-12-23)16-22(26)19-6-5-17-3-1-2-4-18(17)15-19/h1-10,15,22,26-27H,11-14,16H2/t22-/m1/s1. The molecule has 0 saturated carbocycles. The minimum Gasteiger partial charge on any atom is -0.387 e. The lowest BCUT2D eigenvalue weighted by Gasteiger charge is -2.39. The first kappa shape index (κ1) is 18.1. The van der Waals surface area contributed by atoms with Crippen LogP contribution in [0.2, 0.25) is 0 Å². The van der Waals surface area contributed by atoms with E-state index < -0.39 is 11.7 Å². The molecule has 1 saturated heterocycles. The Hall–Kier alpha value is -2.27. The second-order valence-corrected chi connectivity index (χ2v) is 7.46. The molecule has 27 heavy (non-hydrogen) atoms. The van der Waals surface area contributed by atoms with E-state index in [1.807, 2.05) is 30.3 Å². The number of nitrogens with zero attached hydrogens (tertiary/aromatic N) is 1. The fourth-order valence-electron chi connectivity index (χ4n) is 3.92. The van der Waals surface area contributed by atoms with Gasteiger partial charge in [-0.25, -0.2) is 4.39 Å². The minimum atomic E-state index is -0.919. The van der Waals surface area contributed by atoms with Gasteiger partial charge in [-0.3, -0.25) is 0 Å². The monoisotopic (exact) mass is 365 g/mol. The highest BCUT2D eigenvalue weighted by Gasteiger charge is 2.34. The number of hydrogen-bond donors (Lipinski definition) is 2. The van der Waals surface area contributed by atoms with Gasteiger partial charge in [-0.15, -0.1) is 0 Å². The first-order valence-electron chi connectivity index (χ1n) is 9.41. The highest BCUT2D eigenvalue weighted by atomic mass is 19.1. The molecule has 0 aliphatic carbocycles. The van der Waals surface area contributed by atoms with Crippen molar-refractivity contribution in [3.8, 4) is 0 Å².